The van der Waals surface area contributed by atoms with Gasteiger partial charge in [-0.3, -0.25) is 4.84 Å². The molecule has 4 nitrogen and oxygen atoms in total. The monoisotopic (exact) mass is 236 g/mol. The summed E-state index contributed by atoms with van der Waals surface area (Å²) in [7, 11) is 3.02. The van der Waals surface area contributed by atoms with E-state index >= 15 is 0 Å². The van der Waals surface area contributed by atoms with Gasteiger partial charge in [-0.05, 0) is 30.0 Å². The summed E-state index contributed by atoms with van der Waals surface area (Å²) in [5, 5.41) is 3.92. The average molecular weight is 236 g/mol. The third-order valence-electron chi connectivity index (χ3n) is 2.38. The largest absolute Gasteiger partial charge is 0.345 e. The topological polar surface area (TPSA) is 41.6 Å². The standard InChI is InChI=1S/C13H20N2O2/c1-10(2)8-11-6-5-7-12(9-11)14-13(16)15(3)17-4/h5-7,9-10H,8H2,1-4H3,(H,14,16). The fourth-order valence-corrected chi connectivity index (χ4v) is 1.53. The van der Waals surface area contributed by atoms with Crippen molar-refractivity contribution in [1.82, 2.24) is 5.06 Å². The van der Waals surface area contributed by atoms with Gasteiger partial charge in [-0.1, -0.05) is 26.0 Å². The van der Waals surface area contributed by atoms with Crippen LogP contribution in [0.25, 0.3) is 0 Å². The molecule has 0 atom stereocenters. The van der Waals surface area contributed by atoms with Crippen molar-refractivity contribution in [2.75, 3.05) is 19.5 Å². The third kappa shape index (κ3) is 4.44. The predicted octanol–water partition coefficient (Wildman–Crippen LogP) is 2.91. The maximum absolute atomic E-state index is 11.6. The minimum Gasteiger partial charge on any atom is -0.306 e. The zero-order chi connectivity index (χ0) is 12.8. The van der Waals surface area contributed by atoms with E-state index in [1.807, 2.05) is 18.2 Å². The molecule has 2 amide bonds. The third-order valence-corrected chi connectivity index (χ3v) is 2.38. The van der Waals surface area contributed by atoms with Crippen LogP contribution in [-0.2, 0) is 11.3 Å². The first-order chi connectivity index (χ1) is 8.02. The first kappa shape index (κ1) is 13.5. The minimum atomic E-state index is -0.283. The number of nitrogens with one attached hydrogen (secondary N) is 1. The van der Waals surface area contributed by atoms with E-state index in [9.17, 15) is 4.79 Å². The van der Waals surface area contributed by atoms with Gasteiger partial charge in [0.1, 0.15) is 0 Å². The molecule has 1 aromatic carbocycles. The number of hydroxylamine groups is 2. The molecule has 0 aliphatic heterocycles. The summed E-state index contributed by atoms with van der Waals surface area (Å²) in [5.74, 6) is 0.600. The smallest absolute Gasteiger partial charge is 0.306 e. The van der Waals surface area contributed by atoms with Crippen molar-refractivity contribution in [2.45, 2.75) is 20.3 Å². The zero-order valence-corrected chi connectivity index (χ0v) is 10.9. The van der Waals surface area contributed by atoms with Crippen LogP contribution in [0.15, 0.2) is 24.3 Å². The highest BCUT2D eigenvalue weighted by Gasteiger charge is 2.07. The summed E-state index contributed by atoms with van der Waals surface area (Å²) >= 11 is 0. The van der Waals surface area contributed by atoms with Crippen LogP contribution in [0, 0.1) is 5.92 Å². The summed E-state index contributed by atoms with van der Waals surface area (Å²) in [4.78, 5) is 16.4. The number of rotatable bonds is 4. The number of benzene rings is 1. The highest BCUT2D eigenvalue weighted by atomic mass is 16.7. The molecule has 0 aromatic heterocycles. The Morgan fingerprint density at radius 3 is 2.76 bits per heavy atom. The number of urea groups is 1. The fraction of sp³-hybridized carbons (Fsp3) is 0.462. The molecular formula is C13H20N2O2. The van der Waals surface area contributed by atoms with Crippen LogP contribution >= 0.6 is 0 Å². The zero-order valence-electron chi connectivity index (χ0n) is 10.9. The lowest BCUT2D eigenvalue weighted by Gasteiger charge is -2.15. The summed E-state index contributed by atoms with van der Waals surface area (Å²) < 4.78 is 0. The van der Waals surface area contributed by atoms with Gasteiger partial charge in [0.15, 0.2) is 0 Å². The van der Waals surface area contributed by atoms with Crippen molar-refractivity contribution in [3.8, 4) is 0 Å². The number of hydrogen-bond donors (Lipinski definition) is 1. The average Bonchev–Trinajstić information content (AvgIpc) is 2.27. The van der Waals surface area contributed by atoms with Gasteiger partial charge in [0.2, 0.25) is 0 Å². The number of hydrogen-bond acceptors (Lipinski definition) is 2. The Bertz CT molecular complexity index is 377. The molecule has 0 saturated carbocycles. The summed E-state index contributed by atoms with van der Waals surface area (Å²) in [6.07, 6.45) is 1.00. The molecule has 1 aromatic rings. The van der Waals surface area contributed by atoms with Crippen LogP contribution in [0.1, 0.15) is 19.4 Å². The molecule has 0 fully saturated rings. The van der Waals surface area contributed by atoms with Gasteiger partial charge < -0.3 is 5.32 Å². The SMILES string of the molecule is CON(C)C(=O)Nc1cccc(CC(C)C)c1. The molecule has 1 rings (SSSR count). The van der Waals surface area contributed by atoms with Crippen LogP contribution in [0.2, 0.25) is 0 Å². The molecule has 0 aliphatic rings. The first-order valence-electron chi connectivity index (χ1n) is 5.70. The molecule has 4 heteroatoms. The Balaban J connectivity index is 2.68. The van der Waals surface area contributed by atoms with Crippen molar-refractivity contribution < 1.29 is 9.63 Å². The molecular weight excluding hydrogens is 216 g/mol. The van der Waals surface area contributed by atoms with Crippen molar-refractivity contribution in [1.29, 1.82) is 0 Å². The van der Waals surface area contributed by atoms with E-state index in [1.165, 1.54) is 12.7 Å². The second kappa shape index (κ2) is 6.25. The van der Waals surface area contributed by atoms with E-state index in [1.54, 1.807) is 7.05 Å². The molecule has 17 heavy (non-hydrogen) atoms. The summed E-state index contributed by atoms with van der Waals surface area (Å²) in [5.41, 5.74) is 2.01. The van der Waals surface area contributed by atoms with Crippen LogP contribution in [-0.4, -0.2) is 25.3 Å². The Morgan fingerprint density at radius 1 is 1.47 bits per heavy atom. The number of nitrogens with zero attached hydrogens (tertiary/aromatic N) is 1. The molecule has 0 spiro atoms. The van der Waals surface area contributed by atoms with Crippen molar-refractivity contribution in [2.24, 2.45) is 5.92 Å². The minimum absolute atomic E-state index is 0.283. The van der Waals surface area contributed by atoms with E-state index in [0.29, 0.717) is 5.92 Å². The van der Waals surface area contributed by atoms with Crippen LogP contribution in [0.5, 0.6) is 0 Å². The van der Waals surface area contributed by atoms with Crippen LogP contribution in [0.3, 0.4) is 0 Å². The van der Waals surface area contributed by atoms with Gasteiger partial charge in [0.25, 0.3) is 0 Å². The normalized spacial score (nSPS) is 10.4. The van der Waals surface area contributed by atoms with Gasteiger partial charge in [-0.2, -0.15) is 0 Å². The van der Waals surface area contributed by atoms with E-state index in [-0.39, 0.29) is 6.03 Å². The lowest BCUT2D eigenvalue weighted by Crippen LogP contribution is -2.30. The number of carbonyl (C=O) groups excluding carboxylic acids is 1. The molecule has 0 radical (unpaired) electrons. The first-order valence-corrected chi connectivity index (χ1v) is 5.70. The van der Waals surface area contributed by atoms with Crippen molar-refractivity contribution in [3.63, 3.8) is 0 Å². The summed E-state index contributed by atoms with van der Waals surface area (Å²) in [6, 6.07) is 7.58. The van der Waals surface area contributed by atoms with E-state index in [0.717, 1.165) is 17.2 Å². The van der Waals surface area contributed by atoms with Crippen molar-refractivity contribution in [3.05, 3.63) is 29.8 Å². The second-order valence-corrected chi connectivity index (χ2v) is 4.41. The lowest BCUT2D eigenvalue weighted by atomic mass is 10.0. The van der Waals surface area contributed by atoms with Gasteiger partial charge in [0.05, 0.1) is 7.11 Å². The molecule has 0 unspecified atom stereocenters. The van der Waals surface area contributed by atoms with Gasteiger partial charge in [-0.15, -0.1) is 0 Å². The number of amides is 2. The molecule has 0 heterocycles. The van der Waals surface area contributed by atoms with E-state index in [2.05, 4.69) is 25.2 Å². The second-order valence-electron chi connectivity index (χ2n) is 4.41. The lowest BCUT2D eigenvalue weighted by molar-refractivity contribution is -0.0598. The van der Waals surface area contributed by atoms with E-state index < -0.39 is 0 Å². The van der Waals surface area contributed by atoms with Crippen LogP contribution < -0.4 is 5.32 Å². The number of carbonyl (C=O) groups is 1. The van der Waals surface area contributed by atoms with Gasteiger partial charge >= 0.3 is 6.03 Å². The maximum Gasteiger partial charge on any atom is 0.345 e. The van der Waals surface area contributed by atoms with Crippen LogP contribution in [0.4, 0.5) is 10.5 Å². The Morgan fingerprint density at radius 2 is 2.18 bits per heavy atom. The molecule has 1 N–H and O–H groups in total. The fourth-order valence-electron chi connectivity index (χ4n) is 1.53. The highest BCUT2D eigenvalue weighted by molar-refractivity contribution is 5.88. The van der Waals surface area contributed by atoms with Gasteiger partial charge in [0, 0.05) is 12.7 Å². The Labute approximate surface area is 103 Å². The molecule has 94 valence electrons. The molecule has 0 bridgehead atoms. The Hall–Kier alpha value is -1.55. The van der Waals surface area contributed by atoms with Gasteiger partial charge in [-0.25, -0.2) is 9.86 Å². The molecule has 0 aliphatic carbocycles. The predicted molar refractivity (Wildman–Crippen MR) is 68.8 cm³/mol. The highest BCUT2D eigenvalue weighted by Crippen LogP contribution is 2.14. The Kier molecular flexibility index (Phi) is 4.97. The quantitative estimate of drug-likeness (QED) is 0.817. The molecule has 0 saturated heterocycles. The number of anilines is 1. The van der Waals surface area contributed by atoms with Crippen molar-refractivity contribution >= 4 is 11.7 Å². The van der Waals surface area contributed by atoms with E-state index in [4.69, 9.17) is 4.84 Å². The maximum atomic E-state index is 11.6. The summed E-state index contributed by atoms with van der Waals surface area (Å²) in [6.45, 7) is 4.34.